The molecule has 3 heterocycles. The minimum atomic E-state index is -0.0373. The molecule has 1 aliphatic carbocycles. The van der Waals surface area contributed by atoms with Crippen LogP contribution in [0.5, 0.6) is 0 Å². The number of ether oxygens (including phenoxy) is 1. The molecule has 2 fully saturated rings. The average Bonchev–Trinajstić information content (AvgIpc) is 3.08. The fourth-order valence-electron chi connectivity index (χ4n) is 4.28. The van der Waals surface area contributed by atoms with Gasteiger partial charge in [0, 0.05) is 36.6 Å². The fourth-order valence-corrected chi connectivity index (χ4v) is 4.81. The lowest BCUT2D eigenvalue weighted by Crippen LogP contribution is -2.53. The molecule has 2 aliphatic rings. The van der Waals surface area contributed by atoms with E-state index in [4.69, 9.17) is 14.4 Å². The third-order valence-electron chi connectivity index (χ3n) is 5.64. The fraction of sp³-hybridized carbons (Fsp3) is 0.600. The molecule has 1 saturated heterocycles. The van der Waals surface area contributed by atoms with Crippen LogP contribution in [0.1, 0.15) is 45.3 Å². The first-order valence-electron chi connectivity index (χ1n) is 9.58. The molecular weight excluding hydrogens is 408 g/mol. The molecule has 144 valence electrons. The summed E-state index contributed by atoms with van der Waals surface area (Å²) in [7, 11) is 0. The Balaban J connectivity index is 1.39. The monoisotopic (exact) mass is 432 g/mol. The highest BCUT2D eigenvalue weighted by molar-refractivity contribution is 9.10. The van der Waals surface area contributed by atoms with Gasteiger partial charge in [-0.25, -0.2) is 4.98 Å². The van der Waals surface area contributed by atoms with Crippen molar-refractivity contribution in [3.05, 3.63) is 22.5 Å². The summed E-state index contributed by atoms with van der Waals surface area (Å²) >= 11 is 3.62. The number of pyridine rings is 1. The zero-order chi connectivity index (χ0) is 19.0. The summed E-state index contributed by atoms with van der Waals surface area (Å²) in [6.45, 7) is 7.24. The number of aromatic nitrogens is 1. The van der Waals surface area contributed by atoms with Crippen LogP contribution in [-0.2, 0) is 4.74 Å². The maximum absolute atomic E-state index is 9.02. The number of furan rings is 1. The van der Waals surface area contributed by atoms with Gasteiger partial charge in [0.05, 0.1) is 22.9 Å². The van der Waals surface area contributed by atoms with Gasteiger partial charge in [-0.1, -0.05) is 0 Å². The molecule has 0 aromatic carbocycles. The summed E-state index contributed by atoms with van der Waals surface area (Å²) in [6.07, 6.45) is 6.33. The Labute approximate surface area is 168 Å². The van der Waals surface area contributed by atoms with Gasteiger partial charge >= 0.3 is 0 Å². The number of morpholine rings is 1. The Hall–Kier alpha value is -1.62. The van der Waals surface area contributed by atoms with E-state index in [1.807, 2.05) is 6.07 Å². The smallest absolute Gasteiger partial charge is 0.204 e. The van der Waals surface area contributed by atoms with Gasteiger partial charge < -0.3 is 14.5 Å². The van der Waals surface area contributed by atoms with Crippen LogP contribution in [0.3, 0.4) is 0 Å². The molecule has 2 aromatic rings. The van der Waals surface area contributed by atoms with E-state index in [0.29, 0.717) is 23.4 Å². The second-order valence-corrected chi connectivity index (χ2v) is 8.94. The van der Waals surface area contributed by atoms with Crippen molar-refractivity contribution in [2.75, 3.05) is 25.0 Å². The molecule has 6 nitrogen and oxygen atoms in total. The molecule has 1 saturated carbocycles. The third kappa shape index (κ3) is 3.98. The van der Waals surface area contributed by atoms with Crippen molar-refractivity contribution in [1.29, 1.82) is 5.26 Å². The quantitative estimate of drug-likeness (QED) is 0.778. The Morgan fingerprint density at radius 1 is 1.33 bits per heavy atom. The van der Waals surface area contributed by atoms with E-state index in [0.717, 1.165) is 48.2 Å². The van der Waals surface area contributed by atoms with Crippen LogP contribution in [0.4, 0.5) is 5.82 Å². The highest BCUT2D eigenvalue weighted by atomic mass is 79.9. The molecule has 0 spiro atoms. The number of nitrogens with zero attached hydrogens (tertiary/aromatic N) is 3. The van der Waals surface area contributed by atoms with Gasteiger partial charge in [0.25, 0.3) is 0 Å². The molecule has 0 radical (unpaired) electrons. The van der Waals surface area contributed by atoms with Crippen molar-refractivity contribution in [3.63, 3.8) is 0 Å². The minimum Gasteiger partial charge on any atom is -0.444 e. The number of rotatable bonds is 3. The zero-order valence-corrected chi connectivity index (χ0v) is 17.4. The second kappa shape index (κ2) is 7.42. The van der Waals surface area contributed by atoms with Crippen molar-refractivity contribution in [2.24, 2.45) is 0 Å². The summed E-state index contributed by atoms with van der Waals surface area (Å²) in [4.78, 5) is 7.09. The summed E-state index contributed by atoms with van der Waals surface area (Å²) < 4.78 is 12.2. The normalized spacial score (nSPS) is 26.0. The SMILES string of the molecule is CC1(C)CN(C2CCC(Nc3ncc4oc(C#N)cc4c3Br)CC2)CCO1. The van der Waals surface area contributed by atoms with Crippen LogP contribution in [0.2, 0.25) is 0 Å². The number of hydrogen-bond donors (Lipinski definition) is 1. The van der Waals surface area contributed by atoms with Crippen molar-refractivity contribution in [3.8, 4) is 6.07 Å². The van der Waals surface area contributed by atoms with Crippen LogP contribution in [0.25, 0.3) is 11.0 Å². The van der Waals surface area contributed by atoms with Crippen molar-refractivity contribution in [1.82, 2.24) is 9.88 Å². The summed E-state index contributed by atoms with van der Waals surface area (Å²) in [5.74, 6) is 1.13. The van der Waals surface area contributed by atoms with Gasteiger partial charge in [-0.3, -0.25) is 4.90 Å². The summed E-state index contributed by atoms with van der Waals surface area (Å²) in [5.41, 5.74) is 0.590. The summed E-state index contributed by atoms with van der Waals surface area (Å²) in [6, 6.07) is 4.86. The Morgan fingerprint density at radius 3 is 2.81 bits per heavy atom. The largest absolute Gasteiger partial charge is 0.444 e. The second-order valence-electron chi connectivity index (χ2n) is 8.15. The number of nitrogens with one attached hydrogen (secondary N) is 1. The maximum atomic E-state index is 9.02. The van der Waals surface area contributed by atoms with E-state index in [1.165, 1.54) is 12.8 Å². The van der Waals surface area contributed by atoms with Crippen LogP contribution < -0.4 is 5.32 Å². The van der Waals surface area contributed by atoms with E-state index in [-0.39, 0.29) is 5.60 Å². The van der Waals surface area contributed by atoms with Crippen molar-refractivity contribution < 1.29 is 9.15 Å². The van der Waals surface area contributed by atoms with Crippen LogP contribution in [-0.4, -0.2) is 47.3 Å². The predicted molar refractivity (Wildman–Crippen MR) is 108 cm³/mol. The molecule has 1 aliphatic heterocycles. The molecular formula is C20H25BrN4O2. The topological polar surface area (TPSA) is 74.3 Å². The van der Waals surface area contributed by atoms with Gasteiger partial charge in [-0.15, -0.1) is 0 Å². The lowest BCUT2D eigenvalue weighted by Gasteiger charge is -2.44. The highest BCUT2D eigenvalue weighted by Gasteiger charge is 2.33. The molecule has 4 rings (SSSR count). The molecule has 7 heteroatoms. The standard InChI is InChI=1S/C20H25BrN4O2/c1-20(2)12-25(7-8-26-20)14-5-3-13(4-6-14)24-19-18(21)16-9-15(10-22)27-17(16)11-23-19/h9,11,13-14H,3-8,12H2,1-2H3,(H,23,24). The first kappa shape index (κ1) is 18.7. The van der Waals surface area contributed by atoms with E-state index in [2.05, 4.69) is 45.0 Å². The number of hydrogen-bond acceptors (Lipinski definition) is 6. The van der Waals surface area contributed by atoms with Gasteiger partial charge in [-0.05, 0) is 55.5 Å². The van der Waals surface area contributed by atoms with E-state index >= 15 is 0 Å². The third-order valence-corrected chi connectivity index (χ3v) is 6.44. The molecule has 0 unspecified atom stereocenters. The average molecular weight is 433 g/mol. The molecule has 2 aromatic heterocycles. The van der Waals surface area contributed by atoms with Crippen LogP contribution in [0.15, 0.2) is 21.2 Å². The molecule has 0 atom stereocenters. The Bertz CT molecular complexity index is 865. The molecule has 0 amide bonds. The highest BCUT2D eigenvalue weighted by Crippen LogP contribution is 2.34. The van der Waals surface area contributed by atoms with Gasteiger partial charge in [-0.2, -0.15) is 5.26 Å². The van der Waals surface area contributed by atoms with Crippen LogP contribution in [0, 0.1) is 11.3 Å². The zero-order valence-electron chi connectivity index (χ0n) is 15.8. The van der Waals surface area contributed by atoms with Crippen molar-refractivity contribution in [2.45, 2.75) is 57.2 Å². The number of nitriles is 1. The van der Waals surface area contributed by atoms with E-state index in [1.54, 1.807) is 12.3 Å². The van der Waals surface area contributed by atoms with Crippen LogP contribution >= 0.6 is 15.9 Å². The van der Waals surface area contributed by atoms with Gasteiger partial charge in [0.2, 0.25) is 5.76 Å². The lowest BCUT2D eigenvalue weighted by molar-refractivity contribution is -0.100. The molecule has 0 bridgehead atoms. The minimum absolute atomic E-state index is 0.0373. The predicted octanol–water partition coefficient (Wildman–Crippen LogP) is 4.30. The number of anilines is 1. The maximum Gasteiger partial charge on any atom is 0.204 e. The van der Waals surface area contributed by atoms with E-state index < -0.39 is 0 Å². The first-order chi connectivity index (χ1) is 12.9. The summed E-state index contributed by atoms with van der Waals surface area (Å²) in [5, 5.41) is 13.5. The first-order valence-corrected chi connectivity index (χ1v) is 10.4. The van der Waals surface area contributed by atoms with E-state index in [9.17, 15) is 0 Å². The Morgan fingerprint density at radius 2 is 2.11 bits per heavy atom. The molecule has 27 heavy (non-hydrogen) atoms. The van der Waals surface area contributed by atoms with Crippen molar-refractivity contribution >= 4 is 32.7 Å². The lowest BCUT2D eigenvalue weighted by atomic mass is 9.89. The van der Waals surface area contributed by atoms with Gasteiger partial charge in [0.1, 0.15) is 11.9 Å². The molecule has 1 N–H and O–H groups in total. The Kier molecular flexibility index (Phi) is 5.15. The van der Waals surface area contributed by atoms with Gasteiger partial charge in [0.15, 0.2) is 5.58 Å². The number of halogens is 1. The number of fused-ring (bicyclic) bond motifs is 1.